The Kier molecular flexibility index (Phi) is 14.6. The molecular weight excluding hydrogens is 532 g/mol. The fraction of sp³-hybridized carbons (Fsp3) is 0.385. The third-order valence-corrected chi connectivity index (χ3v) is 6.14. The zero-order valence-corrected chi connectivity index (χ0v) is 22.9. The van der Waals surface area contributed by atoms with Crippen LogP contribution in [0, 0.1) is 0 Å². The second-order valence-electron chi connectivity index (χ2n) is 7.70. The van der Waals surface area contributed by atoms with E-state index in [1.807, 2.05) is 12.5 Å². The molecule has 206 valence electrons. The number of carbonyl (C=O) groups is 4. The first-order valence-corrected chi connectivity index (χ1v) is 14.6. The van der Waals surface area contributed by atoms with Gasteiger partial charge in [0.1, 0.15) is 36.8 Å². The molecule has 0 aliphatic rings. The molecule has 2 aromatic rings. The maximum atomic E-state index is 12.6. The quantitative estimate of drug-likeness (QED) is 0.243. The van der Waals surface area contributed by atoms with E-state index in [1.165, 1.54) is 23.5 Å². The first-order valence-electron chi connectivity index (χ1n) is 11.8. The molecule has 0 fully saturated rings. The summed E-state index contributed by atoms with van der Waals surface area (Å²) in [6.07, 6.45) is 2.84. The minimum absolute atomic E-state index is 0.223. The number of rotatable bonds is 15. The number of ether oxygens (including phenoxy) is 4. The summed E-state index contributed by atoms with van der Waals surface area (Å²) < 4.78 is 20.8. The van der Waals surface area contributed by atoms with Gasteiger partial charge < -0.3 is 29.6 Å². The van der Waals surface area contributed by atoms with Gasteiger partial charge in [0.15, 0.2) is 0 Å². The Morgan fingerprint density at radius 2 is 1.03 bits per heavy atom. The van der Waals surface area contributed by atoms with Gasteiger partial charge in [0.25, 0.3) is 0 Å². The fourth-order valence-electron chi connectivity index (χ4n) is 2.99. The van der Waals surface area contributed by atoms with Crippen LogP contribution >= 0.6 is 23.5 Å². The molecule has 2 unspecified atom stereocenters. The number of para-hydroxylation sites is 2. The fourth-order valence-corrected chi connectivity index (χ4v) is 3.93. The monoisotopic (exact) mass is 564 g/mol. The summed E-state index contributed by atoms with van der Waals surface area (Å²) in [6, 6.07) is 15.0. The van der Waals surface area contributed by atoms with Gasteiger partial charge in [0.2, 0.25) is 0 Å². The second-order valence-corrected chi connectivity index (χ2v) is 9.67. The largest absolute Gasteiger partial charge is 0.461 e. The van der Waals surface area contributed by atoms with E-state index in [1.54, 1.807) is 60.7 Å². The van der Waals surface area contributed by atoms with E-state index in [-0.39, 0.29) is 13.2 Å². The second kappa shape index (κ2) is 18.0. The Morgan fingerprint density at radius 1 is 0.658 bits per heavy atom. The van der Waals surface area contributed by atoms with E-state index < -0.39 is 36.2 Å². The Labute approximate surface area is 230 Å². The third kappa shape index (κ3) is 12.2. The van der Waals surface area contributed by atoms with Gasteiger partial charge in [-0.3, -0.25) is 0 Å². The number of hydrogen-bond acceptors (Lipinski definition) is 10. The number of esters is 2. The number of carbonyl (C=O) groups excluding carboxylic acids is 4. The van der Waals surface area contributed by atoms with Crippen LogP contribution in [0.5, 0.6) is 11.5 Å². The van der Waals surface area contributed by atoms with Crippen molar-refractivity contribution in [3.8, 4) is 11.5 Å². The predicted molar refractivity (Wildman–Crippen MR) is 147 cm³/mol. The smallest absolute Gasteiger partial charge is 0.413 e. The van der Waals surface area contributed by atoms with Crippen LogP contribution in [-0.2, 0) is 19.1 Å². The minimum Gasteiger partial charge on any atom is -0.461 e. The topological polar surface area (TPSA) is 129 Å². The standard InChI is InChI=1S/C26H32N2O8S2/c1-37-17-13-21(27-25(31)35-19-9-5-3-6-10-19)23(29)33-15-16-34-24(30)22(14-18-38-2)28-26(32)36-20-11-7-4-8-12-20/h3-12,21-22H,13-18H2,1-2H3,(H,27,31)(H,28,32). The highest BCUT2D eigenvalue weighted by atomic mass is 32.2. The van der Waals surface area contributed by atoms with Crippen molar-refractivity contribution in [1.29, 1.82) is 0 Å². The van der Waals surface area contributed by atoms with Crippen LogP contribution in [0.25, 0.3) is 0 Å². The zero-order valence-electron chi connectivity index (χ0n) is 21.3. The van der Waals surface area contributed by atoms with E-state index >= 15 is 0 Å². The summed E-state index contributed by atoms with van der Waals surface area (Å²) in [6.45, 7) is -0.446. The van der Waals surface area contributed by atoms with E-state index in [2.05, 4.69) is 10.6 Å². The summed E-state index contributed by atoms with van der Waals surface area (Å²) in [5, 5.41) is 5.02. The van der Waals surface area contributed by atoms with Crippen molar-refractivity contribution in [2.45, 2.75) is 24.9 Å². The van der Waals surface area contributed by atoms with Crippen LogP contribution in [-0.4, -0.2) is 73.4 Å². The summed E-state index contributed by atoms with van der Waals surface area (Å²) in [5.41, 5.74) is 0. The number of nitrogens with one attached hydrogen (secondary N) is 2. The lowest BCUT2D eigenvalue weighted by Crippen LogP contribution is -2.44. The molecule has 2 aromatic carbocycles. The maximum Gasteiger partial charge on any atom is 0.413 e. The lowest BCUT2D eigenvalue weighted by Gasteiger charge is -2.18. The highest BCUT2D eigenvalue weighted by molar-refractivity contribution is 7.98. The van der Waals surface area contributed by atoms with Crippen molar-refractivity contribution in [1.82, 2.24) is 10.6 Å². The number of hydrogen-bond donors (Lipinski definition) is 2. The summed E-state index contributed by atoms with van der Waals surface area (Å²) in [5.74, 6) is 0.523. The number of thioether (sulfide) groups is 2. The molecule has 0 aliphatic heterocycles. The van der Waals surface area contributed by atoms with Crippen LogP contribution in [0.3, 0.4) is 0 Å². The minimum atomic E-state index is -0.932. The van der Waals surface area contributed by atoms with Crippen LogP contribution < -0.4 is 20.1 Å². The summed E-state index contributed by atoms with van der Waals surface area (Å²) in [4.78, 5) is 49.5. The van der Waals surface area contributed by atoms with Crippen LogP contribution in [0.4, 0.5) is 9.59 Å². The molecule has 0 aliphatic carbocycles. The van der Waals surface area contributed by atoms with E-state index in [0.717, 1.165) is 0 Å². The lowest BCUT2D eigenvalue weighted by atomic mass is 10.2. The Balaban J connectivity index is 1.81. The normalized spacial score (nSPS) is 11.9. The van der Waals surface area contributed by atoms with Crippen molar-refractivity contribution >= 4 is 47.6 Å². The molecule has 2 N–H and O–H groups in total. The van der Waals surface area contributed by atoms with Crippen molar-refractivity contribution in [2.75, 3.05) is 37.2 Å². The van der Waals surface area contributed by atoms with Gasteiger partial charge >= 0.3 is 24.1 Å². The van der Waals surface area contributed by atoms with Gasteiger partial charge in [-0.2, -0.15) is 23.5 Å². The van der Waals surface area contributed by atoms with Crippen molar-refractivity contribution in [2.24, 2.45) is 0 Å². The van der Waals surface area contributed by atoms with E-state index in [9.17, 15) is 19.2 Å². The molecule has 38 heavy (non-hydrogen) atoms. The molecule has 10 nitrogen and oxygen atoms in total. The molecule has 0 bridgehead atoms. The van der Waals surface area contributed by atoms with Gasteiger partial charge in [0.05, 0.1) is 0 Å². The van der Waals surface area contributed by atoms with Crippen LogP contribution in [0.1, 0.15) is 12.8 Å². The Hall–Kier alpha value is -3.38. The molecule has 0 radical (unpaired) electrons. The molecule has 0 spiro atoms. The summed E-state index contributed by atoms with van der Waals surface area (Å²) in [7, 11) is 0. The van der Waals surface area contributed by atoms with Gasteiger partial charge in [-0.25, -0.2) is 19.2 Å². The predicted octanol–water partition coefficient (Wildman–Crippen LogP) is 3.89. The van der Waals surface area contributed by atoms with E-state index in [0.29, 0.717) is 35.8 Å². The first kappa shape index (κ1) is 30.8. The zero-order chi connectivity index (χ0) is 27.6. The SMILES string of the molecule is CSCCC(NC(=O)Oc1ccccc1)C(=O)OCCOC(=O)C(CCSC)NC(=O)Oc1ccccc1. The molecule has 0 saturated carbocycles. The highest BCUT2D eigenvalue weighted by Gasteiger charge is 2.25. The molecule has 12 heteroatoms. The highest BCUT2D eigenvalue weighted by Crippen LogP contribution is 2.11. The van der Waals surface area contributed by atoms with Crippen molar-refractivity contribution < 1.29 is 38.1 Å². The molecule has 2 amide bonds. The van der Waals surface area contributed by atoms with Crippen molar-refractivity contribution in [3.63, 3.8) is 0 Å². The van der Waals surface area contributed by atoms with Crippen LogP contribution in [0.15, 0.2) is 60.7 Å². The Morgan fingerprint density at radius 3 is 1.37 bits per heavy atom. The number of benzene rings is 2. The van der Waals surface area contributed by atoms with Gasteiger partial charge in [-0.1, -0.05) is 36.4 Å². The summed E-state index contributed by atoms with van der Waals surface area (Å²) >= 11 is 3.02. The Bertz CT molecular complexity index is 929. The maximum absolute atomic E-state index is 12.6. The molecule has 2 rings (SSSR count). The van der Waals surface area contributed by atoms with Gasteiger partial charge in [0, 0.05) is 0 Å². The van der Waals surface area contributed by atoms with Crippen molar-refractivity contribution in [3.05, 3.63) is 60.7 Å². The third-order valence-electron chi connectivity index (χ3n) is 4.85. The lowest BCUT2D eigenvalue weighted by molar-refractivity contribution is -0.154. The average Bonchev–Trinajstić information content (AvgIpc) is 2.92. The van der Waals surface area contributed by atoms with E-state index in [4.69, 9.17) is 18.9 Å². The molecule has 0 heterocycles. The molecular formula is C26H32N2O8S2. The number of amides is 2. The molecule has 0 saturated heterocycles. The van der Waals surface area contributed by atoms with Gasteiger partial charge in [-0.05, 0) is 61.1 Å². The van der Waals surface area contributed by atoms with Gasteiger partial charge in [-0.15, -0.1) is 0 Å². The first-order chi connectivity index (χ1) is 18.4. The molecule has 2 atom stereocenters. The average molecular weight is 565 g/mol. The molecule has 0 aromatic heterocycles. The van der Waals surface area contributed by atoms with Crippen LogP contribution in [0.2, 0.25) is 0 Å².